The van der Waals surface area contributed by atoms with Crippen LogP contribution in [0.1, 0.15) is 26.7 Å². The summed E-state index contributed by atoms with van der Waals surface area (Å²) < 4.78 is 41.9. The van der Waals surface area contributed by atoms with Crippen molar-refractivity contribution in [3.8, 4) is 0 Å². The zero-order valence-corrected chi connectivity index (χ0v) is 11.1. The van der Waals surface area contributed by atoms with Crippen molar-refractivity contribution in [3.05, 3.63) is 0 Å². The molecule has 7 heteroatoms. The van der Waals surface area contributed by atoms with Crippen LogP contribution in [0.15, 0.2) is 0 Å². The van der Waals surface area contributed by atoms with Gasteiger partial charge in [0.05, 0.1) is 18.2 Å². The fourth-order valence-electron chi connectivity index (χ4n) is 2.59. The Kier molecular flexibility index (Phi) is 3.68. The molecule has 0 aromatic carbocycles. The molecule has 0 saturated carbocycles. The third-order valence-corrected chi connectivity index (χ3v) is 3.51. The number of alkyl halides is 3. The summed E-state index contributed by atoms with van der Waals surface area (Å²) in [4.78, 5) is 13.2. The maximum absolute atomic E-state index is 12.1. The van der Waals surface area contributed by atoms with Crippen LogP contribution in [-0.4, -0.2) is 48.4 Å². The van der Waals surface area contributed by atoms with E-state index in [1.165, 1.54) is 4.90 Å². The highest BCUT2D eigenvalue weighted by molar-refractivity contribution is 5.75. The molecule has 0 aliphatic carbocycles. The van der Waals surface area contributed by atoms with Crippen LogP contribution < -0.4 is 5.32 Å². The first-order valence-corrected chi connectivity index (χ1v) is 6.41. The van der Waals surface area contributed by atoms with Gasteiger partial charge in [0.15, 0.2) is 0 Å². The molecule has 1 unspecified atom stereocenters. The molecule has 19 heavy (non-hydrogen) atoms. The number of carbonyl (C=O) groups is 1. The minimum Gasteiger partial charge on any atom is -0.373 e. The van der Waals surface area contributed by atoms with Gasteiger partial charge in [-0.25, -0.2) is 4.79 Å². The van der Waals surface area contributed by atoms with E-state index in [1.54, 1.807) is 0 Å². The van der Waals surface area contributed by atoms with Crippen molar-refractivity contribution in [1.82, 2.24) is 10.2 Å². The van der Waals surface area contributed by atoms with Crippen molar-refractivity contribution in [2.75, 3.05) is 19.7 Å². The van der Waals surface area contributed by atoms with Gasteiger partial charge in [0.2, 0.25) is 0 Å². The van der Waals surface area contributed by atoms with Crippen molar-refractivity contribution in [2.24, 2.45) is 5.92 Å². The molecule has 2 saturated heterocycles. The number of carbonyl (C=O) groups excluding carboxylic acids is 1. The normalized spacial score (nSPS) is 27.2. The molecule has 2 aliphatic heterocycles. The Morgan fingerprint density at radius 2 is 2.05 bits per heavy atom. The van der Waals surface area contributed by atoms with E-state index >= 15 is 0 Å². The number of ether oxygens (including phenoxy) is 1. The molecule has 1 N–H and O–H groups in total. The molecule has 2 aliphatic rings. The average Bonchev–Trinajstić information content (AvgIpc) is 2.49. The van der Waals surface area contributed by atoms with Gasteiger partial charge in [-0.15, -0.1) is 0 Å². The zero-order chi connectivity index (χ0) is 14.3. The SMILES string of the molecule is CC1(C)CC(NC(=O)N2CC(CC(F)(F)F)C2)CO1. The van der Waals surface area contributed by atoms with Gasteiger partial charge in [0.25, 0.3) is 0 Å². The van der Waals surface area contributed by atoms with E-state index in [0.29, 0.717) is 6.61 Å². The van der Waals surface area contributed by atoms with Crippen LogP contribution in [0.2, 0.25) is 0 Å². The second-order valence-electron chi connectivity index (χ2n) is 6.01. The Bertz CT molecular complexity index is 351. The Morgan fingerprint density at radius 1 is 1.42 bits per heavy atom. The van der Waals surface area contributed by atoms with Crippen molar-refractivity contribution in [2.45, 2.75) is 44.5 Å². The molecule has 2 rings (SSSR count). The van der Waals surface area contributed by atoms with E-state index in [1.807, 2.05) is 13.8 Å². The Balaban J connectivity index is 1.69. The third-order valence-electron chi connectivity index (χ3n) is 3.51. The van der Waals surface area contributed by atoms with Crippen molar-refractivity contribution in [1.29, 1.82) is 0 Å². The Hall–Kier alpha value is -0.980. The van der Waals surface area contributed by atoms with Gasteiger partial charge in [-0.3, -0.25) is 0 Å². The van der Waals surface area contributed by atoms with Crippen molar-refractivity contribution in [3.63, 3.8) is 0 Å². The summed E-state index contributed by atoms with van der Waals surface area (Å²) >= 11 is 0. The molecule has 0 aromatic rings. The molecular formula is C12H19F3N2O2. The van der Waals surface area contributed by atoms with Gasteiger partial charge < -0.3 is 15.0 Å². The lowest BCUT2D eigenvalue weighted by Crippen LogP contribution is -2.56. The highest BCUT2D eigenvalue weighted by atomic mass is 19.4. The average molecular weight is 280 g/mol. The smallest absolute Gasteiger partial charge is 0.373 e. The van der Waals surface area contributed by atoms with Crippen LogP contribution in [-0.2, 0) is 4.74 Å². The predicted molar refractivity (Wildman–Crippen MR) is 62.7 cm³/mol. The molecule has 110 valence electrons. The summed E-state index contributed by atoms with van der Waals surface area (Å²) in [5, 5.41) is 2.80. The van der Waals surface area contributed by atoms with Crippen LogP contribution in [0.25, 0.3) is 0 Å². The van der Waals surface area contributed by atoms with Gasteiger partial charge in [0, 0.05) is 25.4 Å². The molecule has 2 amide bonds. The lowest BCUT2D eigenvalue weighted by molar-refractivity contribution is -0.153. The van der Waals surface area contributed by atoms with E-state index < -0.39 is 18.5 Å². The second-order valence-corrected chi connectivity index (χ2v) is 6.01. The molecule has 2 fully saturated rings. The van der Waals surface area contributed by atoms with Gasteiger partial charge in [-0.05, 0) is 20.3 Å². The largest absolute Gasteiger partial charge is 0.389 e. The molecule has 0 spiro atoms. The maximum Gasteiger partial charge on any atom is 0.389 e. The number of urea groups is 1. The lowest BCUT2D eigenvalue weighted by atomic mass is 9.96. The summed E-state index contributed by atoms with van der Waals surface area (Å²) in [6.07, 6.45) is -4.23. The van der Waals surface area contributed by atoms with Crippen LogP contribution in [0.4, 0.5) is 18.0 Å². The summed E-state index contributed by atoms with van der Waals surface area (Å²) in [6.45, 7) is 4.72. The van der Waals surface area contributed by atoms with Crippen molar-refractivity contribution >= 4 is 6.03 Å². The first-order chi connectivity index (χ1) is 8.65. The first-order valence-electron chi connectivity index (χ1n) is 6.41. The van der Waals surface area contributed by atoms with E-state index in [2.05, 4.69) is 5.32 Å². The molecule has 2 heterocycles. The van der Waals surface area contributed by atoms with E-state index in [9.17, 15) is 18.0 Å². The quantitative estimate of drug-likeness (QED) is 0.842. The number of rotatable bonds is 2. The van der Waals surface area contributed by atoms with Crippen molar-refractivity contribution < 1.29 is 22.7 Å². The summed E-state index contributed by atoms with van der Waals surface area (Å²) in [5.74, 6) is -0.456. The number of hydrogen-bond donors (Lipinski definition) is 1. The van der Waals surface area contributed by atoms with E-state index in [0.717, 1.165) is 6.42 Å². The predicted octanol–water partition coefficient (Wildman–Crippen LogP) is 2.15. The standard InChI is InChI=1S/C12H19F3N2O2/c1-11(2)4-9(7-19-11)16-10(18)17-5-8(6-17)3-12(13,14)15/h8-9H,3-7H2,1-2H3,(H,16,18). The van der Waals surface area contributed by atoms with Gasteiger partial charge in [0.1, 0.15) is 0 Å². The van der Waals surface area contributed by atoms with Crippen LogP contribution in [0.3, 0.4) is 0 Å². The number of halogens is 3. The van der Waals surface area contributed by atoms with E-state index in [4.69, 9.17) is 4.74 Å². The van der Waals surface area contributed by atoms with Crippen LogP contribution >= 0.6 is 0 Å². The number of likely N-dealkylation sites (tertiary alicyclic amines) is 1. The lowest BCUT2D eigenvalue weighted by Gasteiger charge is -2.40. The Labute approximate surface area is 110 Å². The van der Waals surface area contributed by atoms with Crippen LogP contribution in [0, 0.1) is 5.92 Å². The minimum atomic E-state index is -4.14. The number of hydrogen-bond acceptors (Lipinski definition) is 2. The highest BCUT2D eigenvalue weighted by Gasteiger charge is 2.40. The first kappa shape index (κ1) is 14.4. The topological polar surface area (TPSA) is 41.6 Å². The summed E-state index contributed by atoms with van der Waals surface area (Å²) in [6, 6.07) is -0.339. The molecule has 4 nitrogen and oxygen atoms in total. The molecule has 0 aromatic heterocycles. The summed E-state index contributed by atoms with van der Waals surface area (Å²) in [5.41, 5.74) is -0.244. The number of amides is 2. The molecule has 0 bridgehead atoms. The zero-order valence-electron chi connectivity index (χ0n) is 11.1. The fraction of sp³-hybridized carbons (Fsp3) is 0.917. The fourth-order valence-corrected chi connectivity index (χ4v) is 2.59. The molecule has 1 atom stereocenters. The second kappa shape index (κ2) is 4.85. The van der Waals surface area contributed by atoms with Crippen LogP contribution in [0.5, 0.6) is 0 Å². The minimum absolute atomic E-state index is 0.0517. The Morgan fingerprint density at radius 3 is 2.53 bits per heavy atom. The highest BCUT2D eigenvalue weighted by Crippen LogP contribution is 2.30. The third kappa shape index (κ3) is 3.99. The van der Waals surface area contributed by atoms with E-state index in [-0.39, 0.29) is 30.8 Å². The monoisotopic (exact) mass is 280 g/mol. The number of nitrogens with zero attached hydrogens (tertiary/aromatic N) is 1. The summed E-state index contributed by atoms with van der Waals surface area (Å²) in [7, 11) is 0. The molecular weight excluding hydrogens is 261 g/mol. The maximum atomic E-state index is 12.1. The van der Waals surface area contributed by atoms with Gasteiger partial charge >= 0.3 is 12.2 Å². The van der Waals surface area contributed by atoms with Gasteiger partial charge in [-0.1, -0.05) is 0 Å². The molecule has 0 radical (unpaired) electrons. The van der Waals surface area contributed by atoms with Gasteiger partial charge in [-0.2, -0.15) is 13.2 Å². The number of nitrogens with one attached hydrogen (secondary N) is 1.